The molecule has 0 radical (unpaired) electrons. The Balaban J connectivity index is 1.84. The number of halogens is 2. The van der Waals surface area contributed by atoms with Gasteiger partial charge >= 0.3 is 0 Å². The highest BCUT2D eigenvalue weighted by atomic mass is 35.5. The standard InChI is InChI=1S/C16H12ClFN2OS/c17-14-7-13(18)4-5-15(14)20-16(21)10-22-9-12-3-1-2-11(6-12)8-19/h1-7H,9-10H2,(H,20,21). The molecule has 0 bridgehead atoms. The van der Waals surface area contributed by atoms with Crippen LogP contribution in [0.1, 0.15) is 11.1 Å². The molecular weight excluding hydrogens is 323 g/mol. The zero-order chi connectivity index (χ0) is 15.9. The minimum absolute atomic E-state index is 0.167. The van der Waals surface area contributed by atoms with E-state index in [4.69, 9.17) is 16.9 Å². The molecule has 2 rings (SSSR count). The van der Waals surface area contributed by atoms with Gasteiger partial charge in [0.15, 0.2) is 0 Å². The Morgan fingerprint density at radius 2 is 2.14 bits per heavy atom. The van der Waals surface area contributed by atoms with Crippen molar-refractivity contribution >= 4 is 35.0 Å². The van der Waals surface area contributed by atoms with Crippen LogP contribution in [-0.2, 0) is 10.5 Å². The number of thioether (sulfide) groups is 1. The molecule has 2 aromatic rings. The Bertz CT molecular complexity index is 730. The van der Waals surface area contributed by atoms with Crippen molar-refractivity contribution in [3.05, 3.63) is 64.4 Å². The molecule has 0 aliphatic heterocycles. The smallest absolute Gasteiger partial charge is 0.234 e. The largest absolute Gasteiger partial charge is 0.324 e. The average Bonchev–Trinajstić information content (AvgIpc) is 2.50. The maximum Gasteiger partial charge on any atom is 0.234 e. The number of anilines is 1. The lowest BCUT2D eigenvalue weighted by Gasteiger charge is -2.07. The van der Waals surface area contributed by atoms with Crippen molar-refractivity contribution < 1.29 is 9.18 Å². The highest BCUT2D eigenvalue weighted by molar-refractivity contribution is 7.99. The molecule has 22 heavy (non-hydrogen) atoms. The molecule has 2 aromatic carbocycles. The van der Waals surface area contributed by atoms with Crippen LogP contribution in [0.5, 0.6) is 0 Å². The van der Waals surface area contributed by atoms with Gasteiger partial charge < -0.3 is 5.32 Å². The first-order chi connectivity index (χ1) is 10.6. The van der Waals surface area contributed by atoms with E-state index in [1.165, 1.54) is 23.9 Å². The van der Waals surface area contributed by atoms with Gasteiger partial charge in [0.25, 0.3) is 0 Å². The maximum absolute atomic E-state index is 12.9. The number of nitrogens with zero attached hydrogens (tertiary/aromatic N) is 1. The maximum atomic E-state index is 12.9. The predicted molar refractivity (Wildman–Crippen MR) is 87.4 cm³/mol. The molecule has 112 valence electrons. The lowest BCUT2D eigenvalue weighted by Crippen LogP contribution is -2.14. The number of rotatable bonds is 5. The normalized spacial score (nSPS) is 10.0. The lowest BCUT2D eigenvalue weighted by molar-refractivity contribution is -0.113. The Morgan fingerprint density at radius 1 is 1.32 bits per heavy atom. The predicted octanol–water partition coefficient (Wildman–Crippen LogP) is 4.22. The van der Waals surface area contributed by atoms with Gasteiger partial charge in [0.2, 0.25) is 5.91 Å². The summed E-state index contributed by atoms with van der Waals surface area (Å²) < 4.78 is 12.9. The van der Waals surface area contributed by atoms with Crippen LogP contribution >= 0.6 is 23.4 Å². The molecule has 0 fully saturated rings. The number of nitriles is 1. The summed E-state index contributed by atoms with van der Waals surface area (Å²) in [6.45, 7) is 0. The highest BCUT2D eigenvalue weighted by Gasteiger charge is 2.07. The summed E-state index contributed by atoms with van der Waals surface area (Å²) in [4.78, 5) is 11.8. The Morgan fingerprint density at radius 3 is 2.86 bits per heavy atom. The zero-order valence-electron chi connectivity index (χ0n) is 11.5. The van der Waals surface area contributed by atoms with Gasteiger partial charge in [-0.3, -0.25) is 4.79 Å². The van der Waals surface area contributed by atoms with E-state index in [1.54, 1.807) is 12.1 Å². The third kappa shape index (κ3) is 4.76. The summed E-state index contributed by atoms with van der Waals surface area (Å²) in [6.07, 6.45) is 0. The summed E-state index contributed by atoms with van der Waals surface area (Å²) in [6, 6.07) is 13.1. The fourth-order valence-corrected chi connectivity index (χ4v) is 2.76. The summed E-state index contributed by atoms with van der Waals surface area (Å²) in [5.41, 5.74) is 1.97. The number of benzene rings is 2. The SMILES string of the molecule is N#Cc1cccc(CSCC(=O)Nc2ccc(F)cc2Cl)c1. The quantitative estimate of drug-likeness (QED) is 0.890. The van der Waals surface area contributed by atoms with Crippen LogP contribution in [0.25, 0.3) is 0 Å². The molecule has 0 aromatic heterocycles. The van der Waals surface area contributed by atoms with E-state index in [0.29, 0.717) is 17.0 Å². The van der Waals surface area contributed by atoms with Crippen LogP contribution in [0.4, 0.5) is 10.1 Å². The number of carbonyl (C=O) groups excluding carboxylic acids is 1. The van der Waals surface area contributed by atoms with E-state index in [0.717, 1.165) is 11.6 Å². The fraction of sp³-hybridized carbons (Fsp3) is 0.125. The van der Waals surface area contributed by atoms with Crippen molar-refractivity contribution in [3.8, 4) is 6.07 Å². The molecule has 3 nitrogen and oxygen atoms in total. The van der Waals surface area contributed by atoms with Crippen LogP contribution in [0, 0.1) is 17.1 Å². The first kappa shape index (κ1) is 16.3. The molecular formula is C16H12ClFN2OS. The van der Waals surface area contributed by atoms with Crippen LogP contribution in [0.3, 0.4) is 0 Å². The molecule has 0 atom stereocenters. The molecule has 0 saturated heterocycles. The monoisotopic (exact) mass is 334 g/mol. The molecule has 0 spiro atoms. The van der Waals surface area contributed by atoms with Crippen molar-refractivity contribution in [2.45, 2.75) is 5.75 Å². The summed E-state index contributed by atoms with van der Waals surface area (Å²) in [5, 5.41) is 11.6. The van der Waals surface area contributed by atoms with Gasteiger partial charge in [0.1, 0.15) is 5.82 Å². The third-order valence-corrected chi connectivity index (χ3v) is 4.08. The van der Waals surface area contributed by atoms with Crippen molar-refractivity contribution in [1.29, 1.82) is 5.26 Å². The number of hydrogen-bond donors (Lipinski definition) is 1. The Hall–Kier alpha value is -2.03. The van der Waals surface area contributed by atoms with Gasteiger partial charge in [-0.1, -0.05) is 23.7 Å². The fourth-order valence-electron chi connectivity index (χ4n) is 1.77. The lowest BCUT2D eigenvalue weighted by atomic mass is 10.2. The van der Waals surface area contributed by atoms with Crippen LogP contribution in [-0.4, -0.2) is 11.7 Å². The van der Waals surface area contributed by atoms with Crippen LogP contribution in [0.2, 0.25) is 5.02 Å². The molecule has 0 heterocycles. The molecule has 1 amide bonds. The van der Waals surface area contributed by atoms with Crippen LogP contribution < -0.4 is 5.32 Å². The van der Waals surface area contributed by atoms with Gasteiger partial charge in [0.05, 0.1) is 28.1 Å². The summed E-state index contributed by atoms with van der Waals surface area (Å²) >= 11 is 7.27. The summed E-state index contributed by atoms with van der Waals surface area (Å²) in [5.74, 6) is 0.203. The summed E-state index contributed by atoms with van der Waals surface area (Å²) in [7, 11) is 0. The van der Waals surface area contributed by atoms with Crippen molar-refractivity contribution in [3.63, 3.8) is 0 Å². The first-order valence-corrected chi connectivity index (χ1v) is 7.93. The second kappa shape index (κ2) is 7.83. The first-order valence-electron chi connectivity index (χ1n) is 6.40. The van der Waals surface area contributed by atoms with Gasteiger partial charge in [-0.2, -0.15) is 5.26 Å². The number of hydrogen-bond acceptors (Lipinski definition) is 3. The van der Waals surface area contributed by atoms with E-state index in [1.807, 2.05) is 12.1 Å². The second-order valence-electron chi connectivity index (χ2n) is 4.48. The van der Waals surface area contributed by atoms with Crippen molar-refractivity contribution in [2.75, 3.05) is 11.1 Å². The molecule has 0 aliphatic carbocycles. The topological polar surface area (TPSA) is 52.9 Å². The van der Waals surface area contributed by atoms with Crippen molar-refractivity contribution in [1.82, 2.24) is 0 Å². The van der Waals surface area contributed by atoms with Gasteiger partial charge in [-0.25, -0.2) is 4.39 Å². The minimum Gasteiger partial charge on any atom is -0.324 e. The van der Waals surface area contributed by atoms with Crippen LogP contribution in [0.15, 0.2) is 42.5 Å². The van der Waals surface area contributed by atoms with E-state index in [-0.39, 0.29) is 16.7 Å². The average molecular weight is 335 g/mol. The Kier molecular flexibility index (Phi) is 5.82. The van der Waals surface area contributed by atoms with Crippen molar-refractivity contribution in [2.24, 2.45) is 0 Å². The molecule has 0 unspecified atom stereocenters. The highest BCUT2D eigenvalue weighted by Crippen LogP contribution is 2.23. The van der Waals surface area contributed by atoms with E-state index in [2.05, 4.69) is 11.4 Å². The van der Waals surface area contributed by atoms with E-state index >= 15 is 0 Å². The molecule has 0 saturated carbocycles. The number of nitrogens with one attached hydrogen (secondary N) is 1. The van der Waals surface area contributed by atoms with Gasteiger partial charge in [0, 0.05) is 5.75 Å². The number of amides is 1. The Labute approximate surface area is 137 Å². The van der Waals surface area contributed by atoms with E-state index < -0.39 is 5.82 Å². The molecule has 6 heteroatoms. The van der Waals surface area contributed by atoms with Gasteiger partial charge in [-0.05, 0) is 35.9 Å². The molecule has 1 N–H and O–H groups in total. The number of carbonyl (C=O) groups is 1. The minimum atomic E-state index is -0.449. The van der Waals surface area contributed by atoms with E-state index in [9.17, 15) is 9.18 Å². The van der Waals surface area contributed by atoms with Gasteiger partial charge in [-0.15, -0.1) is 11.8 Å². The zero-order valence-corrected chi connectivity index (χ0v) is 13.0. The second-order valence-corrected chi connectivity index (χ2v) is 5.87. The molecule has 0 aliphatic rings. The third-order valence-electron chi connectivity index (χ3n) is 2.76.